The van der Waals surface area contributed by atoms with E-state index in [1.165, 1.54) is 12.2 Å². The molecule has 1 N–H and O–H groups in total. The Morgan fingerprint density at radius 2 is 2.00 bits per heavy atom. The smallest absolute Gasteiger partial charge is 0.279 e. The first-order chi connectivity index (χ1) is 5.02. The van der Waals surface area contributed by atoms with Crippen molar-refractivity contribution in [2.45, 2.75) is 5.25 Å². The van der Waals surface area contributed by atoms with Crippen LogP contribution in [0.1, 0.15) is 0 Å². The van der Waals surface area contributed by atoms with E-state index in [1.54, 1.807) is 0 Å². The minimum absolute atomic E-state index is 0.616. The van der Waals surface area contributed by atoms with Crippen molar-refractivity contribution < 1.29 is 17.8 Å². The molecule has 0 spiro atoms. The molecule has 1 aliphatic carbocycles. The summed E-state index contributed by atoms with van der Waals surface area (Å²) in [6.07, 6.45) is 5.07. The molecule has 0 amide bonds. The van der Waals surface area contributed by atoms with Gasteiger partial charge in [0.15, 0.2) is 11.0 Å². The molecule has 0 aromatic carbocycles. The van der Waals surface area contributed by atoms with Crippen molar-refractivity contribution in [1.82, 2.24) is 0 Å². The van der Waals surface area contributed by atoms with E-state index in [0.29, 0.717) is 0 Å². The minimum atomic E-state index is -4.26. The van der Waals surface area contributed by atoms with Crippen molar-refractivity contribution >= 4 is 15.9 Å². The quantitative estimate of drug-likeness (QED) is 0.565. The first kappa shape index (κ1) is 8.16. The molecule has 1 aliphatic rings. The monoisotopic (exact) mass is 174 g/mol. The second kappa shape index (κ2) is 2.60. The van der Waals surface area contributed by atoms with E-state index in [0.717, 1.165) is 12.2 Å². The summed E-state index contributed by atoms with van der Waals surface area (Å²) in [6.45, 7) is 0. The largest absolute Gasteiger partial charge is 0.293 e. The summed E-state index contributed by atoms with van der Waals surface area (Å²) in [5.41, 5.74) is 0. The summed E-state index contributed by atoms with van der Waals surface area (Å²) in [7, 11) is -4.26. The summed E-state index contributed by atoms with van der Waals surface area (Å²) in [5.74, 6) is -0.616. The van der Waals surface area contributed by atoms with Gasteiger partial charge in [-0.1, -0.05) is 18.2 Å². The zero-order valence-corrected chi connectivity index (χ0v) is 6.28. The molecule has 1 atom stereocenters. The Morgan fingerprint density at radius 3 is 2.36 bits per heavy atom. The van der Waals surface area contributed by atoms with Gasteiger partial charge in [0.1, 0.15) is 0 Å². The highest BCUT2D eigenvalue weighted by Crippen LogP contribution is 2.07. The van der Waals surface area contributed by atoms with Crippen LogP contribution in [0.25, 0.3) is 0 Å². The van der Waals surface area contributed by atoms with Crippen molar-refractivity contribution in [1.29, 1.82) is 0 Å². The fraction of sp³-hybridized carbons (Fsp3) is 0.167. The summed E-state index contributed by atoms with van der Waals surface area (Å²) in [4.78, 5) is 10.8. The van der Waals surface area contributed by atoms with E-state index in [1.807, 2.05) is 0 Å². The number of hydrogen-bond donors (Lipinski definition) is 1. The van der Waals surface area contributed by atoms with Gasteiger partial charge < -0.3 is 0 Å². The third-order valence-electron chi connectivity index (χ3n) is 1.26. The average molecular weight is 174 g/mol. The molecule has 11 heavy (non-hydrogen) atoms. The Kier molecular flexibility index (Phi) is 1.92. The first-order valence-corrected chi connectivity index (χ1v) is 4.37. The van der Waals surface area contributed by atoms with Gasteiger partial charge in [-0.15, -0.1) is 0 Å². The van der Waals surface area contributed by atoms with Crippen molar-refractivity contribution in [3.63, 3.8) is 0 Å². The van der Waals surface area contributed by atoms with E-state index in [-0.39, 0.29) is 0 Å². The molecule has 60 valence electrons. The minimum Gasteiger partial charge on any atom is -0.293 e. The second-order valence-electron chi connectivity index (χ2n) is 2.08. The molecule has 5 heteroatoms. The predicted molar refractivity (Wildman–Crippen MR) is 38.6 cm³/mol. The van der Waals surface area contributed by atoms with Crippen molar-refractivity contribution in [2.24, 2.45) is 0 Å². The van der Waals surface area contributed by atoms with Gasteiger partial charge in [0.25, 0.3) is 10.1 Å². The van der Waals surface area contributed by atoms with Crippen molar-refractivity contribution in [3.05, 3.63) is 24.3 Å². The predicted octanol–water partition coefficient (Wildman–Crippen LogP) is -0.0621. The number of rotatable bonds is 1. The molecule has 0 saturated heterocycles. The van der Waals surface area contributed by atoms with Gasteiger partial charge in [-0.3, -0.25) is 9.35 Å². The van der Waals surface area contributed by atoms with Crippen LogP contribution in [0.15, 0.2) is 24.3 Å². The van der Waals surface area contributed by atoms with E-state index in [2.05, 4.69) is 0 Å². The van der Waals surface area contributed by atoms with Gasteiger partial charge >= 0.3 is 0 Å². The molecule has 1 rings (SSSR count). The van der Waals surface area contributed by atoms with Gasteiger partial charge in [0.05, 0.1) is 0 Å². The Hall–Kier alpha value is -0.940. The van der Waals surface area contributed by atoms with Crippen LogP contribution in [0, 0.1) is 0 Å². The zero-order valence-electron chi connectivity index (χ0n) is 5.47. The lowest BCUT2D eigenvalue weighted by Crippen LogP contribution is -2.27. The number of allylic oxidation sites excluding steroid dienone is 3. The molecule has 1 unspecified atom stereocenters. The number of hydrogen-bond acceptors (Lipinski definition) is 3. The summed E-state index contributed by atoms with van der Waals surface area (Å²) in [5, 5.41) is -1.41. The van der Waals surface area contributed by atoms with Gasteiger partial charge in [-0.05, 0) is 6.08 Å². The molecule has 0 heterocycles. The van der Waals surface area contributed by atoms with Gasteiger partial charge in [0, 0.05) is 0 Å². The van der Waals surface area contributed by atoms with Crippen LogP contribution in [-0.2, 0) is 14.9 Å². The number of carbonyl (C=O) groups excluding carboxylic acids is 1. The van der Waals surface area contributed by atoms with Crippen LogP contribution < -0.4 is 0 Å². The Labute approximate surface area is 64.0 Å². The second-order valence-corrected chi connectivity index (χ2v) is 3.62. The molecule has 0 saturated carbocycles. The highest BCUT2D eigenvalue weighted by Gasteiger charge is 2.27. The van der Waals surface area contributed by atoms with Crippen LogP contribution in [0.2, 0.25) is 0 Å². The van der Waals surface area contributed by atoms with E-state index >= 15 is 0 Å². The molecule has 0 aliphatic heterocycles. The topological polar surface area (TPSA) is 71.4 Å². The molecule has 4 nitrogen and oxygen atoms in total. The standard InChI is InChI=1S/C6H6O4S/c7-5-3-1-2-4-6(5)11(8,9)10/h1-4,6H,(H,8,9,10). The molecule has 0 radical (unpaired) electrons. The SMILES string of the molecule is O=C1C=CC=CC1S(=O)(=O)O. The normalized spacial score (nSPS) is 24.1. The van der Waals surface area contributed by atoms with E-state index < -0.39 is 21.2 Å². The zero-order chi connectivity index (χ0) is 8.48. The highest BCUT2D eigenvalue weighted by molar-refractivity contribution is 7.87. The number of ketones is 1. The number of carbonyl (C=O) groups is 1. The van der Waals surface area contributed by atoms with Gasteiger partial charge in [0.2, 0.25) is 0 Å². The Morgan fingerprint density at radius 1 is 1.36 bits per heavy atom. The Bertz CT molecular complexity index is 322. The van der Waals surface area contributed by atoms with E-state index in [4.69, 9.17) is 4.55 Å². The first-order valence-electron chi connectivity index (χ1n) is 2.87. The maximum absolute atomic E-state index is 10.8. The average Bonchev–Trinajstić information content (AvgIpc) is 1.86. The molecule has 0 fully saturated rings. The lowest BCUT2D eigenvalue weighted by Gasteiger charge is -2.06. The highest BCUT2D eigenvalue weighted by atomic mass is 32.2. The molecular formula is C6H6O4S. The van der Waals surface area contributed by atoms with Crippen molar-refractivity contribution in [2.75, 3.05) is 0 Å². The fourth-order valence-electron chi connectivity index (χ4n) is 0.751. The van der Waals surface area contributed by atoms with Crippen LogP contribution in [0.5, 0.6) is 0 Å². The molecule has 0 bridgehead atoms. The van der Waals surface area contributed by atoms with Gasteiger partial charge in [-0.25, -0.2) is 0 Å². The molecule has 0 aromatic rings. The fourth-order valence-corrected chi connectivity index (χ4v) is 1.41. The summed E-state index contributed by atoms with van der Waals surface area (Å²) >= 11 is 0. The van der Waals surface area contributed by atoms with E-state index in [9.17, 15) is 13.2 Å². The summed E-state index contributed by atoms with van der Waals surface area (Å²) in [6, 6.07) is 0. The third kappa shape index (κ3) is 1.75. The van der Waals surface area contributed by atoms with Crippen LogP contribution in [-0.4, -0.2) is 24.0 Å². The van der Waals surface area contributed by atoms with Crippen molar-refractivity contribution in [3.8, 4) is 0 Å². The summed E-state index contributed by atoms with van der Waals surface area (Å²) < 4.78 is 29.4. The van der Waals surface area contributed by atoms with Crippen LogP contribution in [0.4, 0.5) is 0 Å². The van der Waals surface area contributed by atoms with Gasteiger partial charge in [-0.2, -0.15) is 8.42 Å². The van der Waals surface area contributed by atoms with Crippen LogP contribution >= 0.6 is 0 Å². The molecule has 0 aromatic heterocycles. The lowest BCUT2D eigenvalue weighted by atomic mass is 10.2. The van der Waals surface area contributed by atoms with Crippen LogP contribution in [0.3, 0.4) is 0 Å². The third-order valence-corrected chi connectivity index (χ3v) is 2.29. The maximum Gasteiger partial charge on any atom is 0.279 e. The maximum atomic E-state index is 10.8. The lowest BCUT2D eigenvalue weighted by molar-refractivity contribution is -0.113. The Balaban J connectivity index is 3.01. The molecular weight excluding hydrogens is 168 g/mol.